The molecule has 0 saturated heterocycles. The summed E-state index contributed by atoms with van der Waals surface area (Å²) in [6.07, 6.45) is 6.19. The maximum absolute atomic E-state index is 13.1. The van der Waals surface area contributed by atoms with Gasteiger partial charge in [-0.2, -0.15) is 0 Å². The molecule has 0 bridgehead atoms. The van der Waals surface area contributed by atoms with E-state index in [0.29, 0.717) is 29.9 Å². The number of carbonyl (C=O) groups excluding carboxylic acids is 2. The lowest BCUT2D eigenvalue weighted by molar-refractivity contribution is -0.133. The highest BCUT2D eigenvalue weighted by Gasteiger charge is 2.54. The summed E-state index contributed by atoms with van der Waals surface area (Å²) in [6, 6.07) is 14.8. The second-order valence-electron chi connectivity index (χ2n) is 8.23. The van der Waals surface area contributed by atoms with Crippen molar-refractivity contribution in [3.05, 3.63) is 90.3 Å². The van der Waals surface area contributed by atoms with Gasteiger partial charge in [0.2, 0.25) is 5.88 Å². The lowest BCUT2D eigenvalue weighted by atomic mass is 9.88. The largest absolute Gasteiger partial charge is 0.438 e. The fourth-order valence-electron chi connectivity index (χ4n) is 3.90. The highest BCUT2D eigenvalue weighted by Crippen LogP contribution is 2.48. The smallest absolute Gasteiger partial charge is 0.231 e. The molecule has 33 heavy (non-hydrogen) atoms. The average Bonchev–Trinajstić information content (AvgIpc) is 3.65. The van der Waals surface area contributed by atoms with Gasteiger partial charge in [-0.1, -0.05) is 24.3 Å². The van der Waals surface area contributed by atoms with E-state index >= 15 is 0 Å². The van der Waals surface area contributed by atoms with Crippen LogP contribution in [0.1, 0.15) is 24.0 Å². The van der Waals surface area contributed by atoms with Crippen molar-refractivity contribution in [1.29, 1.82) is 0 Å². The second-order valence-corrected chi connectivity index (χ2v) is 8.23. The van der Waals surface area contributed by atoms with Gasteiger partial charge in [-0.25, -0.2) is 14.4 Å². The maximum Gasteiger partial charge on any atom is 0.231 e. The first-order chi connectivity index (χ1) is 16.0. The molecule has 0 unspecified atom stereocenters. The molecule has 2 heterocycles. The normalized spacial score (nSPS) is 14.1. The molecule has 1 aliphatic rings. The van der Waals surface area contributed by atoms with Crippen molar-refractivity contribution in [1.82, 2.24) is 15.0 Å². The van der Waals surface area contributed by atoms with Gasteiger partial charge in [0.05, 0.1) is 16.3 Å². The van der Waals surface area contributed by atoms with Gasteiger partial charge in [-0.15, -0.1) is 0 Å². The number of rotatable bonds is 8. The molecule has 0 radical (unpaired) electrons. The standard InChI is InChI=1S/C26H20FN3O3/c27-19-5-1-17(2-6-19)13-23(31)26(10-11-26)24(32)14-18-3-7-20(8-4-18)33-25-21-15-28-12-9-22(21)29-16-30-25/h1-9,12,15-16H,10-11,13-14H2. The third kappa shape index (κ3) is 4.35. The SMILES string of the molecule is O=C(Cc1ccc(F)cc1)C1(C(=O)Cc2ccc(Oc3ncnc4ccncc34)cc2)CC1. The van der Waals surface area contributed by atoms with Crippen LogP contribution < -0.4 is 4.74 Å². The van der Waals surface area contributed by atoms with Crippen molar-refractivity contribution in [2.45, 2.75) is 25.7 Å². The first-order valence-corrected chi connectivity index (χ1v) is 10.7. The van der Waals surface area contributed by atoms with E-state index in [2.05, 4.69) is 15.0 Å². The molecule has 5 rings (SSSR count). The summed E-state index contributed by atoms with van der Waals surface area (Å²) in [5, 5.41) is 0.703. The summed E-state index contributed by atoms with van der Waals surface area (Å²) in [5.74, 6) is 0.462. The highest BCUT2D eigenvalue weighted by atomic mass is 19.1. The van der Waals surface area contributed by atoms with E-state index in [9.17, 15) is 14.0 Å². The van der Waals surface area contributed by atoms with Crippen LogP contribution in [-0.4, -0.2) is 26.5 Å². The maximum atomic E-state index is 13.1. The molecule has 4 aromatic rings. The van der Waals surface area contributed by atoms with Crippen LogP contribution in [0, 0.1) is 11.2 Å². The molecular weight excluding hydrogens is 421 g/mol. The number of halogens is 1. The Morgan fingerprint density at radius 1 is 0.879 bits per heavy atom. The van der Waals surface area contributed by atoms with Gasteiger partial charge in [0.25, 0.3) is 0 Å². The Balaban J connectivity index is 1.25. The quantitative estimate of drug-likeness (QED) is 0.370. The van der Waals surface area contributed by atoms with Crippen LogP contribution in [0.5, 0.6) is 11.6 Å². The summed E-state index contributed by atoms with van der Waals surface area (Å²) in [5.41, 5.74) is 1.35. The Hall–Kier alpha value is -4.00. The Labute approximate surface area is 189 Å². The van der Waals surface area contributed by atoms with Gasteiger partial charge in [0.15, 0.2) is 11.6 Å². The lowest BCUT2D eigenvalue weighted by Crippen LogP contribution is -2.28. The molecule has 0 N–H and O–H groups in total. The van der Waals surface area contributed by atoms with Gasteiger partial charge in [-0.05, 0) is 54.3 Å². The Bertz CT molecular complexity index is 1330. The molecule has 1 saturated carbocycles. The number of Topliss-reactive ketones (excluding diaryl/α,β-unsaturated/α-hetero) is 2. The van der Waals surface area contributed by atoms with Gasteiger partial charge < -0.3 is 4.74 Å². The summed E-state index contributed by atoms with van der Waals surface area (Å²) in [6.45, 7) is 0. The van der Waals surface area contributed by atoms with Crippen molar-refractivity contribution < 1.29 is 18.7 Å². The molecule has 7 heteroatoms. The van der Waals surface area contributed by atoms with Crippen molar-refractivity contribution in [2.24, 2.45) is 5.41 Å². The molecule has 6 nitrogen and oxygen atoms in total. The molecule has 2 aromatic carbocycles. The number of hydrogen-bond acceptors (Lipinski definition) is 6. The first-order valence-electron chi connectivity index (χ1n) is 10.7. The fraction of sp³-hybridized carbons (Fsp3) is 0.192. The van der Waals surface area contributed by atoms with Crippen LogP contribution in [0.15, 0.2) is 73.3 Å². The third-order valence-electron chi connectivity index (χ3n) is 6.00. The molecule has 0 amide bonds. The van der Waals surface area contributed by atoms with Crippen LogP contribution in [-0.2, 0) is 22.4 Å². The number of hydrogen-bond donors (Lipinski definition) is 0. The Morgan fingerprint density at radius 2 is 1.52 bits per heavy atom. The second kappa shape index (κ2) is 8.50. The van der Waals surface area contributed by atoms with E-state index in [1.807, 2.05) is 12.1 Å². The van der Waals surface area contributed by atoms with Crippen LogP contribution >= 0.6 is 0 Å². The van der Waals surface area contributed by atoms with Gasteiger partial charge in [-0.3, -0.25) is 14.6 Å². The topological polar surface area (TPSA) is 82.0 Å². The van der Waals surface area contributed by atoms with E-state index in [1.54, 1.807) is 42.7 Å². The monoisotopic (exact) mass is 441 g/mol. The first kappa shape index (κ1) is 20.9. The van der Waals surface area contributed by atoms with Crippen LogP contribution in [0.2, 0.25) is 0 Å². The summed E-state index contributed by atoms with van der Waals surface area (Å²) in [7, 11) is 0. The average molecular weight is 441 g/mol. The zero-order valence-electron chi connectivity index (χ0n) is 17.7. The molecule has 2 aromatic heterocycles. The number of pyridine rings is 1. The minimum absolute atomic E-state index is 0.0730. The van der Waals surface area contributed by atoms with Crippen molar-refractivity contribution >= 4 is 22.5 Å². The molecule has 0 atom stereocenters. The number of ether oxygens (including phenoxy) is 1. The number of nitrogens with zero attached hydrogens (tertiary/aromatic N) is 3. The number of aromatic nitrogens is 3. The number of ketones is 2. The van der Waals surface area contributed by atoms with E-state index in [0.717, 1.165) is 16.6 Å². The van der Waals surface area contributed by atoms with Crippen LogP contribution in [0.25, 0.3) is 10.9 Å². The highest BCUT2D eigenvalue weighted by molar-refractivity contribution is 6.10. The van der Waals surface area contributed by atoms with E-state index in [-0.39, 0.29) is 30.2 Å². The van der Waals surface area contributed by atoms with Crippen molar-refractivity contribution in [2.75, 3.05) is 0 Å². The van der Waals surface area contributed by atoms with Crippen molar-refractivity contribution in [3.8, 4) is 11.6 Å². The molecule has 1 aliphatic carbocycles. The molecular formula is C26H20FN3O3. The summed E-state index contributed by atoms with van der Waals surface area (Å²) >= 11 is 0. The van der Waals surface area contributed by atoms with Crippen molar-refractivity contribution in [3.63, 3.8) is 0 Å². The number of fused-ring (bicyclic) bond motifs is 1. The summed E-state index contributed by atoms with van der Waals surface area (Å²) < 4.78 is 19.0. The number of carbonyl (C=O) groups is 2. The Morgan fingerprint density at radius 3 is 2.15 bits per heavy atom. The van der Waals surface area contributed by atoms with Gasteiger partial charge in [0, 0.05) is 25.2 Å². The zero-order valence-corrected chi connectivity index (χ0v) is 17.7. The number of benzene rings is 2. The lowest BCUT2D eigenvalue weighted by Gasteiger charge is -2.13. The molecule has 0 spiro atoms. The van der Waals surface area contributed by atoms with E-state index < -0.39 is 5.41 Å². The molecule has 0 aliphatic heterocycles. The third-order valence-corrected chi connectivity index (χ3v) is 6.00. The predicted octanol–water partition coefficient (Wildman–Crippen LogP) is 4.66. The minimum Gasteiger partial charge on any atom is -0.438 e. The van der Waals surface area contributed by atoms with Gasteiger partial charge in [0.1, 0.15) is 17.9 Å². The van der Waals surface area contributed by atoms with E-state index in [4.69, 9.17) is 4.74 Å². The predicted molar refractivity (Wildman–Crippen MR) is 119 cm³/mol. The van der Waals surface area contributed by atoms with Crippen LogP contribution in [0.4, 0.5) is 4.39 Å². The fourth-order valence-corrected chi connectivity index (χ4v) is 3.90. The minimum atomic E-state index is -0.906. The van der Waals surface area contributed by atoms with E-state index in [1.165, 1.54) is 18.5 Å². The Kier molecular flexibility index (Phi) is 5.38. The van der Waals surface area contributed by atoms with Crippen LogP contribution in [0.3, 0.4) is 0 Å². The summed E-state index contributed by atoms with van der Waals surface area (Å²) in [4.78, 5) is 38.3. The molecule has 1 fully saturated rings. The zero-order chi connectivity index (χ0) is 22.8. The molecule has 164 valence electrons. The van der Waals surface area contributed by atoms with Gasteiger partial charge >= 0.3 is 0 Å².